The Kier molecular flexibility index (Phi) is 4.01. The van der Waals surface area contributed by atoms with Gasteiger partial charge in [0.2, 0.25) is 11.7 Å². The van der Waals surface area contributed by atoms with Gasteiger partial charge in [-0.25, -0.2) is 0 Å². The summed E-state index contributed by atoms with van der Waals surface area (Å²) in [6.07, 6.45) is 2.34. The topological polar surface area (TPSA) is 87.1 Å². The Morgan fingerprint density at radius 2 is 2.33 bits per heavy atom. The first kappa shape index (κ1) is 12.7. The molecule has 6 nitrogen and oxygen atoms in total. The Morgan fingerprint density at radius 3 is 3.06 bits per heavy atom. The van der Waals surface area contributed by atoms with E-state index >= 15 is 0 Å². The Balaban J connectivity index is 2.18. The average molecular weight is 248 g/mol. The van der Waals surface area contributed by atoms with Gasteiger partial charge < -0.3 is 15.0 Å². The molecular formula is C12H16N4O2. The minimum absolute atomic E-state index is 0.310. The van der Waals surface area contributed by atoms with Gasteiger partial charge in [0.05, 0.1) is 6.04 Å². The van der Waals surface area contributed by atoms with Crippen molar-refractivity contribution in [2.75, 3.05) is 13.7 Å². The summed E-state index contributed by atoms with van der Waals surface area (Å²) in [4.78, 5) is 8.51. The third-order valence-electron chi connectivity index (χ3n) is 2.61. The number of pyridine rings is 1. The molecule has 2 aromatic rings. The standard InChI is InChI=1S/C12H16N4O2/c1-8-4-3-6-14-10(8)11-15-12(18-16-11)9(13)5-7-17-2/h3-4,6,9H,5,7,13H2,1-2H3. The van der Waals surface area contributed by atoms with Crippen molar-refractivity contribution < 1.29 is 9.26 Å². The Bertz CT molecular complexity index is 512. The number of rotatable bonds is 5. The van der Waals surface area contributed by atoms with Crippen LogP contribution >= 0.6 is 0 Å². The first-order chi connectivity index (χ1) is 8.72. The third kappa shape index (κ3) is 2.72. The minimum Gasteiger partial charge on any atom is -0.385 e. The van der Waals surface area contributed by atoms with Gasteiger partial charge in [-0.2, -0.15) is 4.98 Å². The van der Waals surface area contributed by atoms with Crippen molar-refractivity contribution in [3.8, 4) is 11.5 Å². The lowest BCUT2D eigenvalue weighted by Gasteiger charge is -2.04. The van der Waals surface area contributed by atoms with E-state index in [0.29, 0.717) is 30.4 Å². The molecule has 1 atom stereocenters. The molecule has 0 bridgehead atoms. The molecule has 0 aliphatic rings. The SMILES string of the molecule is COCCC(N)c1nc(-c2ncccc2C)no1. The van der Waals surface area contributed by atoms with Gasteiger partial charge in [-0.1, -0.05) is 11.2 Å². The molecule has 2 N–H and O–H groups in total. The average Bonchev–Trinajstić information content (AvgIpc) is 2.86. The van der Waals surface area contributed by atoms with Crippen molar-refractivity contribution in [2.45, 2.75) is 19.4 Å². The van der Waals surface area contributed by atoms with E-state index in [9.17, 15) is 0 Å². The fraction of sp³-hybridized carbons (Fsp3) is 0.417. The van der Waals surface area contributed by atoms with Crippen LogP contribution in [0.15, 0.2) is 22.9 Å². The zero-order valence-corrected chi connectivity index (χ0v) is 10.5. The summed E-state index contributed by atoms with van der Waals surface area (Å²) in [6.45, 7) is 2.50. The molecule has 0 radical (unpaired) electrons. The van der Waals surface area contributed by atoms with Crippen molar-refractivity contribution in [2.24, 2.45) is 5.73 Å². The van der Waals surface area contributed by atoms with E-state index in [2.05, 4.69) is 15.1 Å². The summed E-state index contributed by atoms with van der Waals surface area (Å²) in [7, 11) is 1.63. The van der Waals surface area contributed by atoms with Crippen LogP contribution in [0.5, 0.6) is 0 Å². The maximum Gasteiger partial charge on any atom is 0.244 e. The van der Waals surface area contributed by atoms with E-state index in [-0.39, 0.29) is 6.04 Å². The smallest absolute Gasteiger partial charge is 0.244 e. The second-order valence-corrected chi connectivity index (χ2v) is 4.01. The molecule has 0 fully saturated rings. The van der Waals surface area contributed by atoms with Crippen molar-refractivity contribution in [3.05, 3.63) is 29.8 Å². The lowest BCUT2D eigenvalue weighted by molar-refractivity contribution is 0.182. The van der Waals surface area contributed by atoms with E-state index in [1.54, 1.807) is 13.3 Å². The van der Waals surface area contributed by atoms with E-state index < -0.39 is 0 Å². The summed E-state index contributed by atoms with van der Waals surface area (Å²) in [5.41, 5.74) is 7.62. The van der Waals surface area contributed by atoms with Crippen molar-refractivity contribution in [1.29, 1.82) is 0 Å². The van der Waals surface area contributed by atoms with Crippen LogP contribution in [0.1, 0.15) is 23.9 Å². The summed E-state index contributed by atoms with van der Waals surface area (Å²) < 4.78 is 10.1. The normalized spacial score (nSPS) is 12.6. The fourth-order valence-corrected chi connectivity index (χ4v) is 1.57. The molecule has 18 heavy (non-hydrogen) atoms. The van der Waals surface area contributed by atoms with Gasteiger partial charge in [-0.05, 0) is 25.0 Å². The van der Waals surface area contributed by atoms with Crippen LogP contribution in [-0.2, 0) is 4.74 Å². The Hall–Kier alpha value is -1.79. The number of methoxy groups -OCH3 is 1. The minimum atomic E-state index is -0.310. The second kappa shape index (κ2) is 5.70. The molecule has 0 saturated heterocycles. The predicted molar refractivity (Wildman–Crippen MR) is 65.7 cm³/mol. The highest BCUT2D eigenvalue weighted by Gasteiger charge is 2.16. The van der Waals surface area contributed by atoms with Gasteiger partial charge in [0.25, 0.3) is 0 Å². The van der Waals surface area contributed by atoms with Crippen LogP contribution in [0, 0.1) is 6.92 Å². The third-order valence-corrected chi connectivity index (χ3v) is 2.61. The van der Waals surface area contributed by atoms with Gasteiger partial charge in [-0.3, -0.25) is 4.98 Å². The lowest BCUT2D eigenvalue weighted by Crippen LogP contribution is -2.13. The van der Waals surface area contributed by atoms with Crippen LogP contribution in [0.4, 0.5) is 0 Å². The van der Waals surface area contributed by atoms with Crippen LogP contribution in [0.3, 0.4) is 0 Å². The summed E-state index contributed by atoms with van der Waals surface area (Å²) in [5.74, 6) is 0.878. The van der Waals surface area contributed by atoms with Crippen molar-refractivity contribution >= 4 is 0 Å². The zero-order valence-electron chi connectivity index (χ0n) is 10.5. The number of ether oxygens (including phenoxy) is 1. The van der Waals surface area contributed by atoms with Gasteiger partial charge in [0.15, 0.2) is 0 Å². The largest absolute Gasteiger partial charge is 0.385 e. The predicted octanol–water partition coefficient (Wildman–Crippen LogP) is 1.48. The molecule has 2 heterocycles. The zero-order chi connectivity index (χ0) is 13.0. The van der Waals surface area contributed by atoms with Gasteiger partial charge in [-0.15, -0.1) is 0 Å². The van der Waals surface area contributed by atoms with Gasteiger partial charge in [0.1, 0.15) is 5.69 Å². The number of aryl methyl sites for hydroxylation is 1. The van der Waals surface area contributed by atoms with Crippen LogP contribution in [-0.4, -0.2) is 28.8 Å². The Labute approximate surface area is 105 Å². The van der Waals surface area contributed by atoms with E-state index in [4.69, 9.17) is 15.0 Å². The lowest BCUT2D eigenvalue weighted by atomic mass is 10.2. The Morgan fingerprint density at radius 1 is 1.50 bits per heavy atom. The fourth-order valence-electron chi connectivity index (χ4n) is 1.57. The van der Waals surface area contributed by atoms with Gasteiger partial charge >= 0.3 is 0 Å². The van der Waals surface area contributed by atoms with Crippen molar-refractivity contribution in [3.63, 3.8) is 0 Å². The van der Waals surface area contributed by atoms with E-state index in [1.807, 2.05) is 19.1 Å². The van der Waals surface area contributed by atoms with E-state index in [1.165, 1.54) is 0 Å². The maximum atomic E-state index is 5.91. The monoisotopic (exact) mass is 248 g/mol. The van der Waals surface area contributed by atoms with Crippen molar-refractivity contribution in [1.82, 2.24) is 15.1 Å². The van der Waals surface area contributed by atoms with E-state index in [0.717, 1.165) is 5.56 Å². The number of hydrogen-bond donors (Lipinski definition) is 1. The molecular weight excluding hydrogens is 232 g/mol. The van der Waals surface area contributed by atoms with Crippen LogP contribution in [0.2, 0.25) is 0 Å². The van der Waals surface area contributed by atoms with Crippen LogP contribution < -0.4 is 5.73 Å². The molecule has 2 aromatic heterocycles. The summed E-state index contributed by atoms with van der Waals surface area (Å²) in [6, 6.07) is 3.50. The molecule has 0 aliphatic carbocycles. The number of nitrogens with zero attached hydrogens (tertiary/aromatic N) is 3. The second-order valence-electron chi connectivity index (χ2n) is 4.01. The molecule has 2 rings (SSSR count). The summed E-state index contributed by atoms with van der Waals surface area (Å²) >= 11 is 0. The van der Waals surface area contributed by atoms with Gasteiger partial charge in [0, 0.05) is 19.9 Å². The molecule has 6 heteroatoms. The molecule has 0 spiro atoms. The van der Waals surface area contributed by atoms with Crippen LogP contribution in [0.25, 0.3) is 11.5 Å². The highest BCUT2D eigenvalue weighted by Crippen LogP contribution is 2.19. The highest BCUT2D eigenvalue weighted by atomic mass is 16.5. The molecule has 0 aromatic carbocycles. The molecule has 96 valence electrons. The number of aromatic nitrogens is 3. The first-order valence-corrected chi connectivity index (χ1v) is 5.72. The highest BCUT2D eigenvalue weighted by molar-refractivity contribution is 5.53. The number of nitrogens with two attached hydrogens (primary N) is 1. The first-order valence-electron chi connectivity index (χ1n) is 5.72. The maximum absolute atomic E-state index is 5.91. The molecule has 0 amide bonds. The quantitative estimate of drug-likeness (QED) is 0.862. The molecule has 0 saturated carbocycles. The molecule has 0 aliphatic heterocycles. The number of hydrogen-bond acceptors (Lipinski definition) is 6. The molecule has 1 unspecified atom stereocenters. The summed E-state index contributed by atoms with van der Waals surface area (Å²) in [5, 5.41) is 3.91.